The summed E-state index contributed by atoms with van der Waals surface area (Å²) in [6.45, 7) is 0. The fraction of sp³-hybridized carbons (Fsp3) is 0.500. The first kappa shape index (κ1) is 22.4. The number of ether oxygens (including phenoxy) is 2. The Morgan fingerprint density at radius 2 is 1.65 bits per heavy atom. The van der Waals surface area contributed by atoms with E-state index in [1.165, 1.54) is 19.2 Å². The van der Waals surface area contributed by atoms with Crippen molar-refractivity contribution in [1.82, 2.24) is 4.72 Å². The van der Waals surface area contributed by atoms with Gasteiger partial charge in [-0.2, -0.15) is 0 Å². The molecule has 0 spiro atoms. The summed E-state index contributed by atoms with van der Waals surface area (Å²) in [5.41, 5.74) is 5.72. The first-order valence-corrected chi connectivity index (χ1v) is 9.35. The first-order valence-electron chi connectivity index (χ1n) is 7.87. The second-order valence-corrected chi connectivity index (χ2v) is 7.61. The van der Waals surface area contributed by atoms with Gasteiger partial charge in [-0.25, -0.2) is 22.7 Å². The van der Waals surface area contributed by atoms with E-state index in [0.29, 0.717) is 12.8 Å². The van der Waals surface area contributed by atoms with Crippen LogP contribution >= 0.6 is 12.4 Å². The maximum absolute atomic E-state index is 12.8. The number of sulfonamides is 1. The van der Waals surface area contributed by atoms with Crippen LogP contribution in [0.5, 0.6) is 0 Å². The number of benzene rings is 1. The summed E-state index contributed by atoms with van der Waals surface area (Å²) in [4.78, 5) is 23.3. The van der Waals surface area contributed by atoms with Gasteiger partial charge in [-0.1, -0.05) is 0 Å². The molecule has 0 saturated heterocycles. The average Bonchev–Trinajstić information content (AvgIpc) is 2.61. The molecule has 10 heteroatoms. The van der Waals surface area contributed by atoms with Gasteiger partial charge in [0.2, 0.25) is 10.0 Å². The number of nitrogens with one attached hydrogen (secondary N) is 1. The van der Waals surface area contributed by atoms with Crippen LogP contribution in [0, 0.1) is 0 Å². The van der Waals surface area contributed by atoms with Gasteiger partial charge >= 0.3 is 11.9 Å². The van der Waals surface area contributed by atoms with Crippen molar-refractivity contribution < 1.29 is 27.5 Å². The lowest BCUT2D eigenvalue weighted by atomic mass is 9.93. The number of esters is 2. The van der Waals surface area contributed by atoms with Crippen molar-refractivity contribution in [3.05, 3.63) is 29.3 Å². The number of hydrogen-bond acceptors (Lipinski definition) is 7. The highest BCUT2D eigenvalue weighted by molar-refractivity contribution is 7.89. The fourth-order valence-corrected chi connectivity index (χ4v) is 4.31. The van der Waals surface area contributed by atoms with Crippen molar-refractivity contribution in [2.24, 2.45) is 5.73 Å². The van der Waals surface area contributed by atoms with Crippen molar-refractivity contribution in [3.63, 3.8) is 0 Å². The van der Waals surface area contributed by atoms with Crippen LogP contribution < -0.4 is 10.5 Å². The summed E-state index contributed by atoms with van der Waals surface area (Å²) in [7, 11) is -1.68. The molecule has 1 saturated carbocycles. The summed E-state index contributed by atoms with van der Waals surface area (Å²) in [6.07, 6.45) is 2.67. The molecule has 1 fully saturated rings. The zero-order valence-corrected chi connectivity index (χ0v) is 16.2. The van der Waals surface area contributed by atoms with E-state index < -0.39 is 22.0 Å². The van der Waals surface area contributed by atoms with Crippen molar-refractivity contribution in [2.75, 3.05) is 14.2 Å². The zero-order chi connectivity index (χ0) is 18.6. The number of methoxy groups -OCH3 is 2. The molecule has 1 aliphatic rings. The lowest BCUT2D eigenvalue weighted by Gasteiger charge is -2.26. The summed E-state index contributed by atoms with van der Waals surface area (Å²) in [6, 6.07) is 3.49. The van der Waals surface area contributed by atoms with Gasteiger partial charge in [0.25, 0.3) is 0 Å². The summed E-state index contributed by atoms with van der Waals surface area (Å²) < 4.78 is 37.4. The number of halogens is 1. The van der Waals surface area contributed by atoms with Crippen LogP contribution in [-0.2, 0) is 19.5 Å². The number of carbonyl (C=O) groups excluding carboxylic acids is 2. The minimum atomic E-state index is -4.03. The van der Waals surface area contributed by atoms with Gasteiger partial charge in [-0.15, -0.1) is 12.4 Å². The molecule has 0 aliphatic heterocycles. The SMILES string of the molecule is COC(=O)c1ccc(C(=O)OC)c(S(=O)(=O)NC2CCC(N)CC2)c1.Cl. The van der Waals surface area contributed by atoms with Gasteiger partial charge in [-0.05, 0) is 43.9 Å². The van der Waals surface area contributed by atoms with E-state index in [2.05, 4.69) is 14.2 Å². The number of carbonyl (C=O) groups is 2. The van der Waals surface area contributed by atoms with E-state index in [-0.39, 0.29) is 40.5 Å². The highest BCUT2D eigenvalue weighted by atomic mass is 35.5. The number of nitrogens with two attached hydrogens (primary N) is 1. The van der Waals surface area contributed by atoms with Crippen molar-refractivity contribution in [3.8, 4) is 0 Å². The normalized spacial score (nSPS) is 20.0. The van der Waals surface area contributed by atoms with Crippen LogP contribution in [0.3, 0.4) is 0 Å². The fourth-order valence-electron chi connectivity index (χ4n) is 2.79. The van der Waals surface area contributed by atoms with E-state index in [1.54, 1.807) is 0 Å². The maximum atomic E-state index is 12.8. The van der Waals surface area contributed by atoms with E-state index in [4.69, 9.17) is 5.73 Å². The van der Waals surface area contributed by atoms with Crippen LogP contribution in [0.25, 0.3) is 0 Å². The summed E-state index contributed by atoms with van der Waals surface area (Å²) in [5, 5.41) is 0. The van der Waals surface area contributed by atoms with Gasteiger partial charge in [0.1, 0.15) is 0 Å². The second kappa shape index (κ2) is 9.31. The molecule has 0 aromatic heterocycles. The Kier molecular flexibility index (Phi) is 8.01. The minimum Gasteiger partial charge on any atom is -0.465 e. The summed E-state index contributed by atoms with van der Waals surface area (Å²) >= 11 is 0. The van der Waals surface area contributed by atoms with Crippen LogP contribution in [0.15, 0.2) is 23.1 Å². The predicted octanol–water partition coefficient (Wildman–Crippen LogP) is 1.23. The topological polar surface area (TPSA) is 125 Å². The van der Waals surface area contributed by atoms with Crippen molar-refractivity contribution in [2.45, 2.75) is 42.7 Å². The second-order valence-electron chi connectivity index (χ2n) is 5.93. The lowest BCUT2D eigenvalue weighted by Crippen LogP contribution is -2.40. The predicted molar refractivity (Wildman–Crippen MR) is 96.9 cm³/mol. The molecular weight excluding hydrogens is 384 g/mol. The Morgan fingerprint density at radius 3 is 2.19 bits per heavy atom. The van der Waals surface area contributed by atoms with E-state index >= 15 is 0 Å². The molecular formula is C16H23ClN2O6S. The zero-order valence-electron chi connectivity index (χ0n) is 14.6. The molecule has 1 aromatic carbocycles. The molecule has 0 atom stereocenters. The highest BCUT2D eigenvalue weighted by Gasteiger charge is 2.29. The molecule has 0 amide bonds. The van der Waals surface area contributed by atoms with Gasteiger partial charge in [-0.3, -0.25) is 0 Å². The molecule has 1 aliphatic carbocycles. The first-order chi connectivity index (χ1) is 11.8. The Labute approximate surface area is 158 Å². The third kappa shape index (κ3) is 5.16. The minimum absolute atomic E-state index is 0. The Morgan fingerprint density at radius 1 is 1.08 bits per heavy atom. The monoisotopic (exact) mass is 406 g/mol. The van der Waals surface area contributed by atoms with Crippen molar-refractivity contribution >= 4 is 34.4 Å². The highest BCUT2D eigenvalue weighted by Crippen LogP contribution is 2.23. The standard InChI is InChI=1S/C16H22N2O6S.ClH/c1-23-15(19)10-3-8-13(16(20)24-2)14(9-10)25(21,22)18-12-6-4-11(17)5-7-12;/h3,8-9,11-12,18H,4-7,17H2,1-2H3;1H. The molecule has 1 aromatic rings. The smallest absolute Gasteiger partial charge is 0.339 e. The molecule has 0 heterocycles. The van der Waals surface area contributed by atoms with Crippen LogP contribution in [0.4, 0.5) is 0 Å². The van der Waals surface area contributed by atoms with E-state index in [9.17, 15) is 18.0 Å². The van der Waals surface area contributed by atoms with E-state index in [1.807, 2.05) is 0 Å². The van der Waals surface area contributed by atoms with Gasteiger partial charge < -0.3 is 15.2 Å². The maximum Gasteiger partial charge on any atom is 0.339 e. The third-order valence-corrected chi connectivity index (χ3v) is 5.75. The quantitative estimate of drug-likeness (QED) is 0.704. The van der Waals surface area contributed by atoms with Crippen LogP contribution in [-0.4, -0.2) is 46.7 Å². The Balaban J connectivity index is 0.00000338. The largest absolute Gasteiger partial charge is 0.465 e. The summed E-state index contributed by atoms with van der Waals surface area (Å²) in [5.74, 6) is -1.50. The van der Waals surface area contributed by atoms with Gasteiger partial charge in [0.05, 0.1) is 30.2 Å². The Hall–Kier alpha value is -1.68. The van der Waals surface area contributed by atoms with Gasteiger partial charge in [0.15, 0.2) is 0 Å². The number of rotatable bonds is 5. The third-order valence-electron chi connectivity index (χ3n) is 4.19. The molecule has 2 rings (SSSR count). The molecule has 0 radical (unpaired) electrons. The van der Waals surface area contributed by atoms with Gasteiger partial charge in [0, 0.05) is 12.1 Å². The Bertz CT molecular complexity index is 760. The molecule has 26 heavy (non-hydrogen) atoms. The lowest BCUT2D eigenvalue weighted by molar-refractivity contribution is 0.0583. The average molecular weight is 407 g/mol. The van der Waals surface area contributed by atoms with Crippen LogP contribution in [0.2, 0.25) is 0 Å². The van der Waals surface area contributed by atoms with E-state index in [0.717, 1.165) is 26.0 Å². The number of hydrogen-bond donors (Lipinski definition) is 2. The molecule has 3 N–H and O–H groups in total. The molecule has 8 nitrogen and oxygen atoms in total. The molecule has 146 valence electrons. The van der Waals surface area contributed by atoms with Crippen LogP contribution in [0.1, 0.15) is 46.4 Å². The molecule has 0 bridgehead atoms. The van der Waals surface area contributed by atoms with Crippen molar-refractivity contribution in [1.29, 1.82) is 0 Å². The molecule has 0 unspecified atom stereocenters.